The van der Waals surface area contributed by atoms with E-state index in [1.54, 1.807) is 19.1 Å². The molecule has 0 radical (unpaired) electrons. The number of anilines is 1. The molecule has 25 heavy (non-hydrogen) atoms. The third-order valence-corrected chi connectivity index (χ3v) is 4.58. The van der Waals surface area contributed by atoms with Crippen LogP contribution in [0.25, 0.3) is 0 Å². The van der Waals surface area contributed by atoms with Gasteiger partial charge in [0, 0.05) is 43.8 Å². The Hall–Kier alpha value is -2.12. The average molecular weight is 364 g/mol. The Morgan fingerprint density at radius 2 is 2.12 bits per heavy atom. The quantitative estimate of drug-likeness (QED) is 0.905. The molecule has 2 amide bonds. The van der Waals surface area contributed by atoms with Crippen molar-refractivity contribution in [1.29, 1.82) is 0 Å². The molecule has 0 bridgehead atoms. The summed E-state index contributed by atoms with van der Waals surface area (Å²) in [6.07, 6.45) is 0.889. The van der Waals surface area contributed by atoms with Crippen molar-refractivity contribution in [1.82, 2.24) is 20.0 Å². The molecule has 0 saturated carbocycles. The molecular weight excluding hydrogens is 342 g/mol. The van der Waals surface area contributed by atoms with E-state index in [0.717, 1.165) is 19.5 Å². The Morgan fingerprint density at radius 1 is 1.28 bits per heavy atom. The average Bonchev–Trinajstić information content (AvgIpc) is 2.87. The van der Waals surface area contributed by atoms with Gasteiger partial charge in [0.05, 0.1) is 6.04 Å². The predicted molar refractivity (Wildman–Crippen MR) is 95.7 cm³/mol. The van der Waals surface area contributed by atoms with Crippen LogP contribution in [0.2, 0.25) is 5.02 Å². The van der Waals surface area contributed by atoms with E-state index in [0.29, 0.717) is 35.6 Å². The standard InChI is InChI=1S/C17H22ClN5O2/c1-12(16-21-20-13(2)25-16)22-7-4-8-23(10-9-22)17(24)19-15-6-3-5-14(18)11-15/h3,5-6,11-12H,4,7-10H2,1-2H3,(H,19,24)/t12-/m1/s1. The molecule has 0 aliphatic carbocycles. The first kappa shape index (κ1) is 17.7. The number of carbonyl (C=O) groups is 1. The fourth-order valence-corrected chi connectivity index (χ4v) is 3.12. The molecule has 8 heteroatoms. The number of nitrogens with zero attached hydrogens (tertiary/aromatic N) is 4. The minimum atomic E-state index is -0.106. The van der Waals surface area contributed by atoms with Crippen LogP contribution in [0, 0.1) is 6.92 Å². The maximum atomic E-state index is 12.5. The second kappa shape index (κ2) is 7.84. The highest BCUT2D eigenvalue weighted by molar-refractivity contribution is 6.30. The van der Waals surface area contributed by atoms with Gasteiger partial charge in [0.2, 0.25) is 11.8 Å². The van der Waals surface area contributed by atoms with E-state index in [2.05, 4.69) is 27.3 Å². The number of hydrogen-bond donors (Lipinski definition) is 1. The van der Waals surface area contributed by atoms with Crippen LogP contribution >= 0.6 is 11.6 Å². The van der Waals surface area contributed by atoms with Crippen molar-refractivity contribution in [3.05, 3.63) is 41.1 Å². The van der Waals surface area contributed by atoms with Crippen molar-refractivity contribution in [2.75, 3.05) is 31.5 Å². The Bertz CT molecular complexity index is 735. The molecule has 134 valence electrons. The lowest BCUT2D eigenvalue weighted by Gasteiger charge is -2.25. The highest BCUT2D eigenvalue weighted by Crippen LogP contribution is 2.21. The van der Waals surface area contributed by atoms with E-state index in [4.69, 9.17) is 16.0 Å². The summed E-state index contributed by atoms with van der Waals surface area (Å²) < 4.78 is 5.53. The Balaban J connectivity index is 1.58. The van der Waals surface area contributed by atoms with Crippen molar-refractivity contribution in [3.63, 3.8) is 0 Å². The first-order chi connectivity index (χ1) is 12.0. The van der Waals surface area contributed by atoms with Crippen LogP contribution in [0.1, 0.15) is 31.2 Å². The molecule has 0 spiro atoms. The second-order valence-electron chi connectivity index (χ2n) is 6.15. The first-order valence-electron chi connectivity index (χ1n) is 8.38. The van der Waals surface area contributed by atoms with Gasteiger partial charge in [-0.05, 0) is 31.5 Å². The molecule has 1 saturated heterocycles. The number of nitrogens with one attached hydrogen (secondary N) is 1. The van der Waals surface area contributed by atoms with E-state index in [9.17, 15) is 4.79 Å². The van der Waals surface area contributed by atoms with Crippen LogP contribution in [-0.2, 0) is 0 Å². The molecule has 1 aromatic heterocycles. The first-order valence-corrected chi connectivity index (χ1v) is 8.76. The van der Waals surface area contributed by atoms with Gasteiger partial charge in [-0.2, -0.15) is 0 Å². The molecule has 3 rings (SSSR count). The lowest BCUT2D eigenvalue weighted by atomic mass is 10.2. The smallest absolute Gasteiger partial charge is 0.321 e. The monoisotopic (exact) mass is 363 g/mol. The number of carbonyl (C=O) groups excluding carboxylic acids is 1. The molecule has 0 unspecified atom stereocenters. The predicted octanol–water partition coefficient (Wildman–Crippen LogP) is 3.33. The van der Waals surface area contributed by atoms with Gasteiger partial charge in [-0.3, -0.25) is 4.90 Å². The summed E-state index contributed by atoms with van der Waals surface area (Å²) in [7, 11) is 0. The van der Waals surface area contributed by atoms with E-state index < -0.39 is 0 Å². The maximum absolute atomic E-state index is 12.5. The number of aryl methyl sites for hydroxylation is 1. The van der Waals surface area contributed by atoms with Crippen LogP contribution in [-0.4, -0.2) is 52.2 Å². The van der Waals surface area contributed by atoms with Gasteiger partial charge < -0.3 is 14.6 Å². The molecule has 1 aliphatic heterocycles. The van der Waals surface area contributed by atoms with Crippen molar-refractivity contribution >= 4 is 23.3 Å². The second-order valence-corrected chi connectivity index (χ2v) is 6.59. The summed E-state index contributed by atoms with van der Waals surface area (Å²) >= 11 is 5.96. The third-order valence-electron chi connectivity index (χ3n) is 4.34. The summed E-state index contributed by atoms with van der Waals surface area (Å²) in [6, 6.07) is 7.09. The van der Waals surface area contributed by atoms with Gasteiger partial charge in [-0.1, -0.05) is 17.7 Å². The van der Waals surface area contributed by atoms with E-state index in [1.807, 2.05) is 17.0 Å². The molecule has 1 aliphatic rings. The normalized spacial score (nSPS) is 17.2. The summed E-state index contributed by atoms with van der Waals surface area (Å²) in [4.78, 5) is 16.6. The van der Waals surface area contributed by atoms with Crippen LogP contribution in [0.5, 0.6) is 0 Å². The Labute approximate surface area is 152 Å². The van der Waals surface area contributed by atoms with Crippen molar-refractivity contribution in [2.24, 2.45) is 0 Å². The maximum Gasteiger partial charge on any atom is 0.321 e. The van der Waals surface area contributed by atoms with Gasteiger partial charge in [-0.25, -0.2) is 4.79 Å². The zero-order chi connectivity index (χ0) is 17.8. The van der Waals surface area contributed by atoms with Crippen LogP contribution in [0.4, 0.5) is 10.5 Å². The third kappa shape index (κ3) is 4.49. The summed E-state index contributed by atoms with van der Waals surface area (Å²) in [5.74, 6) is 1.19. The molecule has 1 atom stereocenters. The number of urea groups is 1. The number of rotatable bonds is 3. The topological polar surface area (TPSA) is 74.5 Å². The minimum Gasteiger partial charge on any atom is -0.424 e. The van der Waals surface area contributed by atoms with E-state index in [1.165, 1.54) is 0 Å². The van der Waals surface area contributed by atoms with Crippen molar-refractivity contribution in [2.45, 2.75) is 26.3 Å². The minimum absolute atomic E-state index is 0.0390. The van der Waals surface area contributed by atoms with Crippen molar-refractivity contribution in [3.8, 4) is 0 Å². The highest BCUT2D eigenvalue weighted by atomic mass is 35.5. The molecular formula is C17H22ClN5O2. The fourth-order valence-electron chi connectivity index (χ4n) is 2.93. The van der Waals surface area contributed by atoms with Gasteiger partial charge in [0.1, 0.15) is 0 Å². The molecule has 1 N–H and O–H groups in total. The SMILES string of the molecule is Cc1nnc([C@@H](C)N2CCCN(C(=O)Nc3cccc(Cl)c3)CC2)o1. The van der Waals surface area contributed by atoms with Crippen LogP contribution in [0.3, 0.4) is 0 Å². The molecule has 2 aromatic rings. The molecule has 1 aromatic carbocycles. The van der Waals surface area contributed by atoms with Crippen molar-refractivity contribution < 1.29 is 9.21 Å². The number of hydrogen-bond acceptors (Lipinski definition) is 5. The van der Waals surface area contributed by atoms with Crippen LogP contribution < -0.4 is 5.32 Å². The number of halogens is 1. The zero-order valence-corrected chi connectivity index (χ0v) is 15.2. The largest absolute Gasteiger partial charge is 0.424 e. The lowest BCUT2D eigenvalue weighted by Crippen LogP contribution is -2.38. The number of amides is 2. The summed E-state index contributed by atoms with van der Waals surface area (Å²) in [5, 5.41) is 11.5. The van der Waals surface area contributed by atoms with Gasteiger partial charge in [-0.15, -0.1) is 10.2 Å². The Morgan fingerprint density at radius 3 is 2.84 bits per heavy atom. The molecule has 2 heterocycles. The fraction of sp³-hybridized carbons (Fsp3) is 0.471. The summed E-state index contributed by atoms with van der Waals surface area (Å²) in [5.41, 5.74) is 0.702. The number of benzene rings is 1. The van der Waals surface area contributed by atoms with Gasteiger partial charge >= 0.3 is 6.03 Å². The van der Waals surface area contributed by atoms with Gasteiger partial charge in [0.25, 0.3) is 0 Å². The lowest BCUT2D eigenvalue weighted by molar-refractivity contribution is 0.183. The molecule has 7 nitrogen and oxygen atoms in total. The van der Waals surface area contributed by atoms with Crippen LogP contribution in [0.15, 0.2) is 28.7 Å². The van der Waals surface area contributed by atoms with E-state index >= 15 is 0 Å². The highest BCUT2D eigenvalue weighted by Gasteiger charge is 2.25. The van der Waals surface area contributed by atoms with E-state index in [-0.39, 0.29) is 12.1 Å². The number of aromatic nitrogens is 2. The molecule has 1 fully saturated rings. The Kier molecular flexibility index (Phi) is 5.55. The van der Waals surface area contributed by atoms with Gasteiger partial charge in [0.15, 0.2) is 0 Å². The summed E-state index contributed by atoms with van der Waals surface area (Å²) in [6.45, 7) is 6.82. The zero-order valence-electron chi connectivity index (χ0n) is 14.4.